The van der Waals surface area contributed by atoms with Crippen LogP contribution < -0.4 is 0 Å². The standard InChI is InChI=1S/C29H28Br2O2/c1-2-3-4-5-6-7-11-27(32)26-18-20-17-22(31)13-15-24(20)28(29(26)33)25-10-8-9-19-16-21(30)12-14-23(19)25/h8-10,12-18,33H,2-7,11H2,1H3. The highest BCUT2D eigenvalue weighted by Crippen LogP contribution is 2.43. The monoisotopic (exact) mass is 566 g/mol. The maximum atomic E-state index is 13.2. The lowest BCUT2D eigenvalue weighted by Crippen LogP contribution is -2.01. The summed E-state index contributed by atoms with van der Waals surface area (Å²) in [5.74, 6) is 0.0883. The molecule has 0 aliphatic rings. The van der Waals surface area contributed by atoms with Crippen LogP contribution in [0.4, 0.5) is 0 Å². The molecule has 0 aliphatic carbocycles. The summed E-state index contributed by atoms with van der Waals surface area (Å²) in [6.45, 7) is 2.21. The van der Waals surface area contributed by atoms with Crippen molar-refractivity contribution in [3.63, 3.8) is 0 Å². The Bertz CT molecular complexity index is 1310. The first-order valence-electron chi connectivity index (χ1n) is 11.7. The first-order chi connectivity index (χ1) is 16.0. The molecule has 4 rings (SSSR count). The van der Waals surface area contributed by atoms with Crippen molar-refractivity contribution < 1.29 is 9.90 Å². The molecule has 0 bridgehead atoms. The number of halogens is 2. The lowest BCUT2D eigenvalue weighted by atomic mass is 9.89. The van der Waals surface area contributed by atoms with Gasteiger partial charge in [0, 0.05) is 20.9 Å². The van der Waals surface area contributed by atoms with Crippen LogP contribution in [0.5, 0.6) is 5.75 Å². The first kappa shape index (κ1) is 24.0. The van der Waals surface area contributed by atoms with Crippen molar-refractivity contribution in [3.05, 3.63) is 75.2 Å². The second-order valence-electron chi connectivity index (χ2n) is 8.63. The summed E-state index contributed by atoms with van der Waals surface area (Å²) in [6.07, 6.45) is 7.22. The zero-order chi connectivity index (χ0) is 23.4. The summed E-state index contributed by atoms with van der Waals surface area (Å²) in [4.78, 5) is 13.2. The van der Waals surface area contributed by atoms with E-state index in [1.807, 2.05) is 42.5 Å². The van der Waals surface area contributed by atoms with Gasteiger partial charge >= 0.3 is 0 Å². The smallest absolute Gasteiger partial charge is 0.166 e. The van der Waals surface area contributed by atoms with Gasteiger partial charge in [-0.1, -0.05) is 101 Å². The van der Waals surface area contributed by atoms with Crippen LogP contribution in [0, 0.1) is 0 Å². The van der Waals surface area contributed by atoms with Crippen molar-refractivity contribution in [3.8, 4) is 16.9 Å². The molecular weight excluding hydrogens is 540 g/mol. The molecule has 170 valence electrons. The van der Waals surface area contributed by atoms with Gasteiger partial charge in [0.15, 0.2) is 5.78 Å². The predicted octanol–water partition coefficient (Wildman–Crippen LogP) is 9.82. The lowest BCUT2D eigenvalue weighted by molar-refractivity contribution is 0.0976. The Balaban J connectivity index is 1.79. The number of fused-ring (bicyclic) bond motifs is 2. The van der Waals surface area contributed by atoms with Crippen molar-refractivity contribution in [2.75, 3.05) is 0 Å². The highest BCUT2D eigenvalue weighted by atomic mass is 79.9. The van der Waals surface area contributed by atoms with Gasteiger partial charge in [0.1, 0.15) is 5.75 Å². The summed E-state index contributed by atoms with van der Waals surface area (Å²) >= 11 is 7.11. The summed E-state index contributed by atoms with van der Waals surface area (Å²) in [6, 6.07) is 20.1. The molecule has 1 N–H and O–H groups in total. The summed E-state index contributed by atoms with van der Waals surface area (Å²) < 4.78 is 1.95. The van der Waals surface area contributed by atoms with Gasteiger partial charge < -0.3 is 5.11 Å². The maximum Gasteiger partial charge on any atom is 0.166 e. The number of ketones is 1. The number of carbonyl (C=O) groups excluding carboxylic acids is 1. The summed E-state index contributed by atoms with van der Waals surface area (Å²) in [5, 5.41) is 15.4. The zero-order valence-corrected chi connectivity index (χ0v) is 22.0. The van der Waals surface area contributed by atoms with E-state index in [-0.39, 0.29) is 11.5 Å². The summed E-state index contributed by atoms with van der Waals surface area (Å²) in [7, 11) is 0. The van der Waals surface area contributed by atoms with Crippen LogP contribution in [0.3, 0.4) is 0 Å². The predicted molar refractivity (Wildman–Crippen MR) is 146 cm³/mol. The van der Waals surface area contributed by atoms with Crippen LogP contribution in [-0.2, 0) is 0 Å². The fourth-order valence-electron chi connectivity index (χ4n) is 4.53. The lowest BCUT2D eigenvalue weighted by Gasteiger charge is -2.16. The Labute approximate surface area is 212 Å². The number of aromatic hydroxyl groups is 1. The molecule has 0 radical (unpaired) electrons. The quantitative estimate of drug-likeness (QED) is 0.161. The third-order valence-electron chi connectivity index (χ3n) is 6.24. The molecule has 0 aliphatic heterocycles. The van der Waals surface area contributed by atoms with Crippen molar-refractivity contribution in [1.82, 2.24) is 0 Å². The van der Waals surface area contributed by atoms with Crippen LogP contribution in [-0.4, -0.2) is 10.9 Å². The number of phenols is 1. The van der Waals surface area contributed by atoms with E-state index in [0.717, 1.165) is 60.9 Å². The topological polar surface area (TPSA) is 37.3 Å². The number of benzene rings is 4. The van der Waals surface area contributed by atoms with Crippen LogP contribution in [0.2, 0.25) is 0 Å². The Hall–Kier alpha value is -2.17. The minimum atomic E-state index is 0.00842. The maximum absolute atomic E-state index is 13.2. The van der Waals surface area contributed by atoms with Gasteiger partial charge in [0.2, 0.25) is 0 Å². The van der Waals surface area contributed by atoms with E-state index in [9.17, 15) is 9.90 Å². The molecule has 0 fully saturated rings. The number of hydrogen-bond donors (Lipinski definition) is 1. The molecule has 4 aromatic carbocycles. The van der Waals surface area contributed by atoms with Crippen LogP contribution in [0.1, 0.15) is 62.2 Å². The molecule has 4 heteroatoms. The largest absolute Gasteiger partial charge is 0.507 e. The van der Waals surface area contributed by atoms with Gasteiger partial charge in [-0.3, -0.25) is 4.79 Å². The molecule has 0 unspecified atom stereocenters. The molecule has 0 atom stereocenters. The second-order valence-corrected chi connectivity index (χ2v) is 10.5. The van der Waals surface area contributed by atoms with Crippen molar-refractivity contribution in [1.29, 1.82) is 0 Å². The number of carbonyl (C=O) groups is 1. The molecule has 0 heterocycles. The number of hydrogen-bond acceptors (Lipinski definition) is 2. The molecule has 0 amide bonds. The molecule has 33 heavy (non-hydrogen) atoms. The van der Waals surface area contributed by atoms with Crippen molar-refractivity contribution in [2.24, 2.45) is 0 Å². The van der Waals surface area contributed by atoms with E-state index in [2.05, 4.69) is 57.0 Å². The first-order valence-corrected chi connectivity index (χ1v) is 13.2. The fourth-order valence-corrected chi connectivity index (χ4v) is 5.28. The molecule has 0 spiro atoms. The van der Waals surface area contributed by atoms with Gasteiger partial charge in [-0.15, -0.1) is 0 Å². The van der Waals surface area contributed by atoms with E-state index < -0.39 is 0 Å². The Morgan fingerprint density at radius 3 is 2.21 bits per heavy atom. The van der Waals surface area contributed by atoms with E-state index in [1.165, 1.54) is 19.3 Å². The molecule has 0 aromatic heterocycles. The van der Waals surface area contributed by atoms with Crippen molar-refractivity contribution >= 4 is 59.2 Å². The van der Waals surface area contributed by atoms with E-state index in [0.29, 0.717) is 12.0 Å². The second kappa shape index (κ2) is 10.8. The van der Waals surface area contributed by atoms with E-state index in [1.54, 1.807) is 0 Å². The molecule has 0 saturated heterocycles. The third kappa shape index (κ3) is 5.33. The minimum absolute atomic E-state index is 0.00842. The van der Waals surface area contributed by atoms with Gasteiger partial charge in [-0.25, -0.2) is 0 Å². The normalized spacial score (nSPS) is 11.4. The average molecular weight is 568 g/mol. The molecule has 4 aromatic rings. The highest BCUT2D eigenvalue weighted by Gasteiger charge is 2.20. The number of phenolic OH excluding ortho intramolecular Hbond substituents is 1. The zero-order valence-electron chi connectivity index (χ0n) is 18.8. The highest BCUT2D eigenvalue weighted by molar-refractivity contribution is 9.10. The van der Waals surface area contributed by atoms with Gasteiger partial charge in [-0.05, 0) is 63.9 Å². The Kier molecular flexibility index (Phi) is 7.87. The molecular formula is C29H28Br2O2. The fraction of sp³-hybridized carbons (Fsp3) is 0.276. The SMILES string of the molecule is CCCCCCCCC(=O)c1cc2cc(Br)ccc2c(-c2cccc3cc(Br)ccc23)c1O. The van der Waals surface area contributed by atoms with Crippen LogP contribution in [0.15, 0.2) is 69.6 Å². The third-order valence-corrected chi connectivity index (χ3v) is 7.23. The number of Topliss-reactive ketones (excluding diaryl/α,β-unsaturated/α-hetero) is 1. The molecule has 0 saturated carbocycles. The van der Waals surface area contributed by atoms with Crippen molar-refractivity contribution in [2.45, 2.75) is 51.9 Å². The number of unbranched alkanes of at least 4 members (excludes halogenated alkanes) is 5. The van der Waals surface area contributed by atoms with E-state index >= 15 is 0 Å². The minimum Gasteiger partial charge on any atom is -0.507 e. The van der Waals surface area contributed by atoms with Crippen LogP contribution in [0.25, 0.3) is 32.7 Å². The van der Waals surface area contributed by atoms with Crippen LogP contribution >= 0.6 is 31.9 Å². The van der Waals surface area contributed by atoms with Gasteiger partial charge in [0.25, 0.3) is 0 Å². The van der Waals surface area contributed by atoms with Gasteiger partial charge in [0.05, 0.1) is 5.56 Å². The van der Waals surface area contributed by atoms with E-state index in [4.69, 9.17) is 0 Å². The average Bonchev–Trinajstić information content (AvgIpc) is 2.80. The van der Waals surface area contributed by atoms with Gasteiger partial charge in [-0.2, -0.15) is 0 Å². The summed E-state index contributed by atoms with van der Waals surface area (Å²) in [5.41, 5.74) is 2.07. The Morgan fingerprint density at radius 1 is 0.788 bits per heavy atom. The molecule has 2 nitrogen and oxygen atoms in total. The Morgan fingerprint density at radius 2 is 1.45 bits per heavy atom. The number of rotatable bonds is 9.